The van der Waals surface area contributed by atoms with Crippen molar-refractivity contribution in [3.8, 4) is 16.9 Å². The lowest BCUT2D eigenvalue weighted by atomic mass is 10.1. The summed E-state index contributed by atoms with van der Waals surface area (Å²) in [6.07, 6.45) is 6.85. The quantitative estimate of drug-likeness (QED) is 0.480. The Kier molecular flexibility index (Phi) is 5.86. The topological polar surface area (TPSA) is 81.5 Å². The second kappa shape index (κ2) is 8.88. The number of nitrogens with zero attached hydrogens (tertiary/aromatic N) is 2. The third-order valence-electron chi connectivity index (χ3n) is 4.96. The zero-order valence-corrected chi connectivity index (χ0v) is 16.6. The lowest BCUT2D eigenvalue weighted by Crippen LogP contribution is -2.26. The number of carboxylic acids is 1. The van der Waals surface area contributed by atoms with Gasteiger partial charge in [-0.25, -0.2) is 4.79 Å². The molecule has 0 saturated heterocycles. The van der Waals surface area contributed by atoms with E-state index in [0.29, 0.717) is 19.0 Å². The molecule has 2 heterocycles. The van der Waals surface area contributed by atoms with E-state index in [-0.39, 0.29) is 6.42 Å². The molecule has 0 bridgehead atoms. The van der Waals surface area contributed by atoms with Gasteiger partial charge in [0, 0.05) is 48.3 Å². The van der Waals surface area contributed by atoms with Crippen LogP contribution in [-0.2, 0) is 16.0 Å². The second-order valence-corrected chi connectivity index (χ2v) is 6.88. The van der Waals surface area contributed by atoms with Crippen LogP contribution in [0.1, 0.15) is 23.7 Å². The maximum absolute atomic E-state index is 11.3. The van der Waals surface area contributed by atoms with Crippen LogP contribution in [-0.4, -0.2) is 40.4 Å². The van der Waals surface area contributed by atoms with E-state index in [9.17, 15) is 9.90 Å². The zero-order valence-electron chi connectivity index (χ0n) is 16.6. The number of pyridine rings is 2. The Morgan fingerprint density at radius 3 is 2.87 bits per heavy atom. The molecule has 0 amide bonds. The molecule has 152 valence electrons. The summed E-state index contributed by atoms with van der Waals surface area (Å²) < 4.78 is 11.2. The van der Waals surface area contributed by atoms with Gasteiger partial charge in [-0.2, -0.15) is 0 Å². The van der Waals surface area contributed by atoms with Crippen LogP contribution in [0.5, 0.6) is 5.75 Å². The molecule has 0 radical (unpaired) electrons. The van der Waals surface area contributed by atoms with E-state index >= 15 is 0 Å². The summed E-state index contributed by atoms with van der Waals surface area (Å²) in [7, 11) is 0. The van der Waals surface area contributed by atoms with Crippen molar-refractivity contribution in [3.63, 3.8) is 0 Å². The van der Waals surface area contributed by atoms with Crippen molar-refractivity contribution in [1.82, 2.24) is 9.97 Å². The summed E-state index contributed by atoms with van der Waals surface area (Å²) in [4.78, 5) is 20.1. The molecule has 2 aromatic heterocycles. The second-order valence-electron chi connectivity index (χ2n) is 6.88. The standard InChI is InChI=1S/C24H22N2O4/c1-2-29-22(24(27)28)14-16-5-3-6-17(13-16)30-12-9-20-21-15-25-11-8-18(21)19-7-4-10-26-23(19)20/h3-11,13,15,22H,2,12,14H2,1H3,(H,27,28). The van der Waals surface area contributed by atoms with E-state index < -0.39 is 12.1 Å². The molecule has 1 aromatic carbocycles. The number of benzene rings is 1. The van der Waals surface area contributed by atoms with Crippen molar-refractivity contribution in [2.75, 3.05) is 13.2 Å². The highest BCUT2D eigenvalue weighted by Crippen LogP contribution is 2.42. The first-order valence-electron chi connectivity index (χ1n) is 9.84. The van der Waals surface area contributed by atoms with E-state index in [1.807, 2.05) is 48.7 Å². The average Bonchev–Trinajstić information content (AvgIpc) is 3.08. The molecule has 0 aliphatic heterocycles. The average molecular weight is 402 g/mol. The molecule has 3 aromatic rings. The van der Waals surface area contributed by atoms with E-state index in [4.69, 9.17) is 9.47 Å². The van der Waals surface area contributed by atoms with Crippen LogP contribution in [0.2, 0.25) is 0 Å². The van der Waals surface area contributed by atoms with Crippen LogP contribution in [0.15, 0.2) is 67.1 Å². The van der Waals surface area contributed by atoms with Crippen LogP contribution >= 0.6 is 0 Å². The number of aliphatic carboxylic acids is 1. The van der Waals surface area contributed by atoms with Gasteiger partial charge in [0.05, 0.1) is 5.69 Å². The molecule has 1 unspecified atom stereocenters. The first kappa shape index (κ1) is 19.8. The van der Waals surface area contributed by atoms with Crippen molar-refractivity contribution >= 4 is 11.5 Å². The van der Waals surface area contributed by atoms with E-state index in [1.165, 1.54) is 0 Å². The fraction of sp³-hybridized carbons (Fsp3) is 0.208. The van der Waals surface area contributed by atoms with Gasteiger partial charge in [-0.1, -0.05) is 18.2 Å². The first-order valence-corrected chi connectivity index (χ1v) is 9.84. The van der Waals surface area contributed by atoms with Crippen molar-refractivity contribution in [2.45, 2.75) is 19.4 Å². The number of carboxylic acid groups (broad SMARTS) is 1. The van der Waals surface area contributed by atoms with Gasteiger partial charge >= 0.3 is 5.97 Å². The molecule has 1 aliphatic rings. The predicted octanol–water partition coefficient (Wildman–Crippen LogP) is 4.00. The highest BCUT2D eigenvalue weighted by atomic mass is 16.5. The number of rotatable bonds is 8. The smallest absolute Gasteiger partial charge is 0.333 e. The van der Waals surface area contributed by atoms with Gasteiger partial charge in [0.1, 0.15) is 12.4 Å². The molecule has 0 spiro atoms. The van der Waals surface area contributed by atoms with Crippen LogP contribution in [0.25, 0.3) is 16.7 Å². The Morgan fingerprint density at radius 1 is 1.13 bits per heavy atom. The lowest BCUT2D eigenvalue weighted by Gasteiger charge is -2.13. The Bertz CT molecular complexity index is 1050. The molecule has 6 heteroatoms. The molecule has 4 rings (SSSR count). The molecular formula is C24H22N2O4. The summed E-state index contributed by atoms with van der Waals surface area (Å²) in [5.41, 5.74) is 6.05. The molecule has 1 N–H and O–H groups in total. The van der Waals surface area contributed by atoms with Gasteiger partial charge < -0.3 is 14.6 Å². The SMILES string of the molecule is CCOC(Cc1cccc(OCC=C2c3cnccc3-c3cccnc32)c1)C(=O)O. The highest BCUT2D eigenvalue weighted by molar-refractivity contribution is 5.99. The fourth-order valence-electron chi connectivity index (χ4n) is 3.63. The van der Waals surface area contributed by atoms with Gasteiger partial charge in [-0.3, -0.25) is 9.97 Å². The van der Waals surface area contributed by atoms with Crippen LogP contribution in [0, 0.1) is 0 Å². The fourth-order valence-corrected chi connectivity index (χ4v) is 3.63. The number of fused-ring (bicyclic) bond motifs is 3. The minimum absolute atomic E-state index is 0.289. The molecule has 1 aliphatic carbocycles. The molecule has 0 saturated carbocycles. The van der Waals surface area contributed by atoms with Gasteiger partial charge in [0.15, 0.2) is 6.10 Å². The minimum atomic E-state index is -0.965. The Balaban J connectivity index is 1.50. The molecule has 6 nitrogen and oxygen atoms in total. The van der Waals surface area contributed by atoms with Crippen LogP contribution in [0.3, 0.4) is 0 Å². The van der Waals surface area contributed by atoms with Gasteiger partial charge in [0.2, 0.25) is 0 Å². The first-order chi connectivity index (χ1) is 14.7. The molecule has 30 heavy (non-hydrogen) atoms. The maximum Gasteiger partial charge on any atom is 0.333 e. The largest absolute Gasteiger partial charge is 0.490 e. The normalized spacial score (nSPS) is 14.2. The summed E-state index contributed by atoms with van der Waals surface area (Å²) in [5, 5.41) is 9.28. The lowest BCUT2D eigenvalue weighted by molar-refractivity contribution is -0.149. The van der Waals surface area contributed by atoms with Gasteiger partial charge in [-0.05, 0) is 48.4 Å². The molecule has 0 fully saturated rings. The number of hydrogen-bond donors (Lipinski definition) is 1. The summed E-state index contributed by atoms with van der Waals surface area (Å²) >= 11 is 0. The number of ether oxygens (including phenoxy) is 2. The van der Waals surface area contributed by atoms with Gasteiger partial charge in [-0.15, -0.1) is 0 Å². The molecule has 1 atom stereocenters. The monoisotopic (exact) mass is 402 g/mol. The summed E-state index contributed by atoms with van der Waals surface area (Å²) in [6, 6.07) is 13.4. The van der Waals surface area contributed by atoms with E-state index in [2.05, 4.69) is 16.0 Å². The van der Waals surface area contributed by atoms with E-state index in [0.717, 1.165) is 33.5 Å². The Hall–Kier alpha value is -3.51. The van der Waals surface area contributed by atoms with Crippen LogP contribution < -0.4 is 4.74 Å². The number of carbonyl (C=O) groups is 1. The Morgan fingerprint density at radius 2 is 2.03 bits per heavy atom. The van der Waals surface area contributed by atoms with Crippen molar-refractivity contribution in [3.05, 3.63) is 84.0 Å². The maximum atomic E-state index is 11.3. The number of hydrogen-bond acceptors (Lipinski definition) is 5. The molecular weight excluding hydrogens is 380 g/mol. The Labute approximate surface area is 174 Å². The zero-order chi connectivity index (χ0) is 20.9. The predicted molar refractivity (Wildman–Crippen MR) is 113 cm³/mol. The number of aromatic nitrogens is 2. The van der Waals surface area contributed by atoms with Crippen LogP contribution in [0.4, 0.5) is 0 Å². The summed E-state index contributed by atoms with van der Waals surface area (Å²) in [5.74, 6) is -0.289. The van der Waals surface area contributed by atoms with Gasteiger partial charge in [0.25, 0.3) is 0 Å². The third kappa shape index (κ3) is 4.09. The summed E-state index contributed by atoms with van der Waals surface area (Å²) in [6.45, 7) is 2.50. The van der Waals surface area contributed by atoms with E-state index in [1.54, 1.807) is 19.3 Å². The van der Waals surface area contributed by atoms with Crippen molar-refractivity contribution < 1.29 is 19.4 Å². The highest BCUT2D eigenvalue weighted by Gasteiger charge is 2.24. The minimum Gasteiger partial charge on any atom is -0.490 e. The third-order valence-corrected chi connectivity index (χ3v) is 4.96. The van der Waals surface area contributed by atoms with Crippen molar-refractivity contribution in [1.29, 1.82) is 0 Å². The van der Waals surface area contributed by atoms with Crippen molar-refractivity contribution in [2.24, 2.45) is 0 Å².